The Hall–Kier alpha value is -2.94. The number of nitrogens with one attached hydrogen (secondary N) is 1. The summed E-state index contributed by atoms with van der Waals surface area (Å²) in [4.78, 5) is 12.3. The van der Waals surface area contributed by atoms with E-state index in [0.717, 1.165) is 11.5 Å². The maximum atomic E-state index is 12.3. The minimum Gasteiger partial charge on any atom is -0.497 e. The average molecular weight is 401 g/mol. The number of methoxy groups -OCH3 is 2. The first-order chi connectivity index (χ1) is 13.5. The Kier molecular flexibility index (Phi) is 6.25. The van der Waals surface area contributed by atoms with Crippen molar-refractivity contribution in [2.75, 3.05) is 25.3 Å². The molecule has 0 saturated heterocycles. The lowest BCUT2D eigenvalue weighted by molar-refractivity contribution is -0.113. The molecule has 0 unspecified atom stereocenters. The van der Waals surface area contributed by atoms with Crippen LogP contribution in [0.15, 0.2) is 41.7 Å². The molecule has 0 aliphatic rings. The van der Waals surface area contributed by atoms with Crippen molar-refractivity contribution in [1.29, 1.82) is 0 Å². The fraction of sp³-hybridized carbons (Fsp3) is 0.316. The third-order valence-electron chi connectivity index (χ3n) is 4.33. The summed E-state index contributed by atoms with van der Waals surface area (Å²) in [6, 6.07) is 9.29. The van der Waals surface area contributed by atoms with E-state index in [2.05, 4.69) is 26.1 Å². The summed E-state index contributed by atoms with van der Waals surface area (Å²) in [5.41, 5.74) is 1.74. The number of nitrogens with zero attached hydrogens (tertiary/aromatic N) is 4. The molecule has 3 aromatic rings. The van der Waals surface area contributed by atoms with Gasteiger partial charge in [0.05, 0.1) is 25.7 Å². The summed E-state index contributed by atoms with van der Waals surface area (Å²) in [5.74, 6) is 2.11. The standard InChI is InChI=1S/C19H23N5O3S/c1-23-9-5-6-13(23)10-17-21-22-19(24(17)2)28-12-18(25)20-15-8-7-14(26-3)11-16(15)27-4/h5-9,11H,10,12H2,1-4H3,(H,20,25). The highest BCUT2D eigenvalue weighted by atomic mass is 32.2. The lowest BCUT2D eigenvalue weighted by Gasteiger charge is -2.11. The van der Waals surface area contributed by atoms with Crippen LogP contribution in [0.25, 0.3) is 0 Å². The number of benzene rings is 1. The van der Waals surface area contributed by atoms with Gasteiger partial charge in [0.15, 0.2) is 5.16 Å². The largest absolute Gasteiger partial charge is 0.497 e. The van der Waals surface area contributed by atoms with Crippen LogP contribution in [-0.2, 0) is 25.3 Å². The first-order valence-electron chi connectivity index (χ1n) is 8.65. The fourth-order valence-corrected chi connectivity index (χ4v) is 3.41. The van der Waals surface area contributed by atoms with E-state index in [0.29, 0.717) is 28.8 Å². The Morgan fingerprint density at radius 2 is 2.00 bits per heavy atom. The monoisotopic (exact) mass is 401 g/mol. The zero-order valence-electron chi connectivity index (χ0n) is 16.3. The molecule has 2 aromatic heterocycles. The molecule has 0 spiro atoms. The number of hydrogen-bond donors (Lipinski definition) is 1. The van der Waals surface area contributed by atoms with Gasteiger partial charge in [-0.05, 0) is 24.3 Å². The van der Waals surface area contributed by atoms with Gasteiger partial charge in [-0.25, -0.2) is 0 Å². The second-order valence-corrected chi connectivity index (χ2v) is 7.09. The predicted octanol–water partition coefficient (Wildman–Crippen LogP) is 2.49. The number of hydrogen-bond acceptors (Lipinski definition) is 6. The fourth-order valence-electron chi connectivity index (χ4n) is 2.68. The summed E-state index contributed by atoms with van der Waals surface area (Å²) < 4.78 is 14.4. The molecule has 1 N–H and O–H groups in total. The van der Waals surface area contributed by atoms with Gasteiger partial charge in [0.25, 0.3) is 0 Å². The van der Waals surface area contributed by atoms with Gasteiger partial charge in [0.1, 0.15) is 17.3 Å². The smallest absolute Gasteiger partial charge is 0.234 e. The van der Waals surface area contributed by atoms with Gasteiger partial charge in [0.2, 0.25) is 5.91 Å². The SMILES string of the molecule is COc1ccc(NC(=O)CSc2nnc(Cc3cccn3C)n2C)c(OC)c1. The van der Waals surface area contributed by atoms with E-state index in [1.807, 2.05) is 30.9 Å². The molecule has 2 heterocycles. The quantitative estimate of drug-likeness (QED) is 0.584. The molecular formula is C19H23N5O3S. The molecule has 148 valence electrons. The van der Waals surface area contributed by atoms with Gasteiger partial charge in [-0.2, -0.15) is 0 Å². The molecule has 0 bridgehead atoms. The summed E-state index contributed by atoms with van der Waals surface area (Å²) >= 11 is 1.34. The van der Waals surface area contributed by atoms with Gasteiger partial charge < -0.3 is 23.9 Å². The van der Waals surface area contributed by atoms with E-state index in [4.69, 9.17) is 9.47 Å². The molecule has 0 aliphatic carbocycles. The normalized spacial score (nSPS) is 10.7. The Morgan fingerprint density at radius 3 is 2.68 bits per heavy atom. The number of carbonyl (C=O) groups excluding carboxylic acids is 1. The lowest BCUT2D eigenvalue weighted by atomic mass is 10.2. The molecule has 9 heteroatoms. The molecule has 0 radical (unpaired) electrons. The number of ether oxygens (including phenoxy) is 2. The van der Waals surface area contributed by atoms with Crippen LogP contribution < -0.4 is 14.8 Å². The third kappa shape index (κ3) is 4.48. The topological polar surface area (TPSA) is 83.2 Å². The van der Waals surface area contributed by atoms with E-state index in [-0.39, 0.29) is 11.7 Å². The number of thioether (sulfide) groups is 1. The van der Waals surface area contributed by atoms with Crippen molar-refractivity contribution in [3.8, 4) is 11.5 Å². The Balaban J connectivity index is 1.60. The Labute approximate surface area is 167 Å². The highest BCUT2D eigenvalue weighted by Gasteiger charge is 2.14. The van der Waals surface area contributed by atoms with Crippen molar-refractivity contribution in [3.05, 3.63) is 48.0 Å². The lowest BCUT2D eigenvalue weighted by Crippen LogP contribution is -2.15. The van der Waals surface area contributed by atoms with Crippen LogP contribution in [0.3, 0.4) is 0 Å². The number of carbonyl (C=O) groups is 1. The predicted molar refractivity (Wildman–Crippen MR) is 108 cm³/mol. The first kappa shape index (κ1) is 19.8. The minimum atomic E-state index is -0.152. The van der Waals surface area contributed by atoms with Gasteiger partial charge in [0, 0.05) is 38.5 Å². The van der Waals surface area contributed by atoms with Crippen LogP contribution in [0.2, 0.25) is 0 Å². The van der Waals surface area contributed by atoms with Crippen LogP contribution in [0.4, 0.5) is 5.69 Å². The Morgan fingerprint density at radius 1 is 1.18 bits per heavy atom. The molecule has 1 aromatic carbocycles. The number of amides is 1. The van der Waals surface area contributed by atoms with E-state index >= 15 is 0 Å². The van der Waals surface area contributed by atoms with Gasteiger partial charge in [-0.15, -0.1) is 10.2 Å². The van der Waals surface area contributed by atoms with E-state index in [1.54, 1.807) is 32.4 Å². The first-order valence-corrected chi connectivity index (χ1v) is 9.63. The summed E-state index contributed by atoms with van der Waals surface area (Å²) in [6.45, 7) is 0. The maximum absolute atomic E-state index is 12.3. The molecule has 28 heavy (non-hydrogen) atoms. The number of aryl methyl sites for hydroxylation is 1. The van der Waals surface area contributed by atoms with Gasteiger partial charge >= 0.3 is 0 Å². The van der Waals surface area contributed by atoms with Crippen molar-refractivity contribution >= 4 is 23.4 Å². The Bertz CT molecular complexity index is 966. The van der Waals surface area contributed by atoms with Gasteiger partial charge in [-0.1, -0.05) is 11.8 Å². The zero-order chi connectivity index (χ0) is 20.1. The van der Waals surface area contributed by atoms with E-state index in [1.165, 1.54) is 11.8 Å². The van der Waals surface area contributed by atoms with E-state index < -0.39 is 0 Å². The van der Waals surface area contributed by atoms with Crippen molar-refractivity contribution in [3.63, 3.8) is 0 Å². The molecule has 8 nitrogen and oxygen atoms in total. The highest BCUT2D eigenvalue weighted by molar-refractivity contribution is 7.99. The van der Waals surface area contributed by atoms with Gasteiger partial charge in [-0.3, -0.25) is 4.79 Å². The number of aromatic nitrogens is 4. The highest BCUT2D eigenvalue weighted by Crippen LogP contribution is 2.29. The molecule has 0 fully saturated rings. The summed E-state index contributed by atoms with van der Waals surface area (Å²) in [7, 11) is 7.04. The van der Waals surface area contributed by atoms with Crippen LogP contribution in [-0.4, -0.2) is 45.2 Å². The van der Waals surface area contributed by atoms with Crippen LogP contribution in [0, 0.1) is 0 Å². The molecule has 0 aliphatic heterocycles. The zero-order valence-corrected chi connectivity index (χ0v) is 17.1. The van der Waals surface area contributed by atoms with Crippen LogP contribution in [0.5, 0.6) is 11.5 Å². The summed E-state index contributed by atoms with van der Waals surface area (Å²) in [6.07, 6.45) is 2.68. The third-order valence-corrected chi connectivity index (χ3v) is 5.35. The van der Waals surface area contributed by atoms with Crippen molar-refractivity contribution in [2.45, 2.75) is 11.6 Å². The molecular weight excluding hydrogens is 378 g/mol. The van der Waals surface area contributed by atoms with Crippen molar-refractivity contribution in [1.82, 2.24) is 19.3 Å². The van der Waals surface area contributed by atoms with Crippen molar-refractivity contribution in [2.24, 2.45) is 14.1 Å². The second-order valence-electron chi connectivity index (χ2n) is 6.15. The van der Waals surface area contributed by atoms with Crippen LogP contribution in [0.1, 0.15) is 11.5 Å². The maximum Gasteiger partial charge on any atom is 0.234 e. The molecule has 3 rings (SSSR count). The molecule has 1 amide bonds. The average Bonchev–Trinajstić information content (AvgIpc) is 3.26. The number of rotatable bonds is 8. The molecule has 0 atom stereocenters. The number of anilines is 1. The van der Waals surface area contributed by atoms with Crippen LogP contribution >= 0.6 is 11.8 Å². The second kappa shape index (κ2) is 8.83. The van der Waals surface area contributed by atoms with E-state index in [9.17, 15) is 4.79 Å². The molecule has 0 saturated carbocycles. The van der Waals surface area contributed by atoms with Crippen molar-refractivity contribution < 1.29 is 14.3 Å². The summed E-state index contributed by atoms with van der Waals surface area (Å²) in [5, 5.41) is 12.0. The minimum absolute atomic E-state index is 0.152.